The number of aryl methyl sites for hydroxylation is 1. The highest BCUT2D eigenvalue weighted by Gasteiger charge is 2.14. The van der Waals surface area contributed by atoms with Crippen molar-refractivity contribution in [2.24, 2.45) is 0 Å². The quantitative estimate of drug-likeness (QED) is 0.625. The van der Waals surface area contributed by atoms with Crippen molar-refractivity contribution >= 4 is 17.0 Å². The molecule has 0 aliphatic rings. The van der Waals surface area contributed by atoms with E-state index in [1.165, 1.54) is 0 Å². The van der Waals surface area contributed by atoms with Gasteiger partial charge in [0.15, 0.2) is 23.0 Å². The molecule has 7 nitrogen and oxygen atoms in total. The first-order chi connectivity index (χ1) is 7.74. The lowest BCUT2D eigenvalue weighted by atomic mass is 10.3. The van der Waals surface area contributed by atoms with E-state index in [2.05, 4.69) is 29.9 Å². The molecular weight excluding hydrogens is 208 g/mol. The highest BCUT2D eigenvalue weighted by atomic mass is 16.6. The summed E-state index contributed by atoms with van der Waals surface area (Å²) in [5, 5.41) is 7.16. The molecule has 7 heteroatoms. The second kappa shape index (κ2) is 3.02. The van der Waals surface area contributed by atoms with E-state index in [0.29, 0.717) is 17.2 Å². The van der Waals surface area contributed by atoms with Gasteiger partial charge in [0.2, 0.25) is 0 Å². The average Bonchev–Trinajstić information content (AvgIpc) is 2.82. The van der Waals surface area contributed by atoms with E-state index in [-0.39, 0.29) is 5.82 Å². The topological polar surface area (TPSA) is 107 Å². The minimum Gasteiger partial charge on any atom is -0.379 e. The van der Waals surface area contributed by atoms with Crippen LogP contribution < -0.4 is 5.73 Å². The van der Waals surface area contributed by atoms with Gasteiger partial charge in [-0.2, -0.15) is 0 Å². The molecule has 0 atom stereocenters. The SMILES string of the molecule is Cc1cnc2nc(-c3nonc3N)[nH]c2c1. The number of pyridine rings is 1. The second-order valence-corrected chi connectivity index (χ2v) is 3.47. The molecule has 0 spiro atoms. The van der Waals surface area contributed by atoms with Crippen LogP contribution >= 0.6 is 0 Å². The van der Waals surface area contributed by atoms with E-state index in [1.54, 1.807) is 6.20 Å². The van der Waals surface area contributed by atoms with E-state index in [0.717, 1.165) is 11.1 Å². The Hall–Kier alpha value is -2.44. The molecule has 0 bridgehead atoms. The normalized spacial score (nSPS) is 11.1. The van der Waals surface area contributed by atoms with Crippen LogP contribution in [0.25, 0.3) is 22.7 Å². The second-order valence-electron chi connectivity index (χ2n) is 3.47. The summed E-state index contributed by atoms with van der Waals surface area (Å²) in [6, 6.07) is 1.95. The monoisotopic (exact) mass is 216 g/mol. The summed E-state index contributed by atoms with van der Waals surface area (Å²) in [6.07, 6.45) is 1.75. The lowest BCUT2D eigenvalue weighted by Gasteiger charge is -1.88. The Morgan fingerprint density at radius 1 is 1.38 bits per heavy atom. The predicted molar refractivity (Wildman–Crippen MR) is 56.3 cm³/mol. The zero-order chi connectivity index (χ0) is 11.1. The van der Waals surface area contributed by atoms with Gasteiger partial charge in [-0.25, -0.2) is 14.6 Å². The maximum atomic E-state index is 5.58. The molecule has 3 rings (SSSR count). The molecule has 80 valence electrons. The lowest BCUT2D eigenvalue weighted by Crippen LogP contribution is -1.89. The van der Waals surface area contributed by atoms with Gasteiger partial charge in [-0.1, -0.05) is 0 Å². The number of aromatic nitrogens is 5. The fourth-order valence-corrected chi connectivity index (χ4v) is 1.48. The van der Waals surface area contributed by atoms with Crippen LogP contribution in [0.3, 0.4) is 0 Å². The number of rotatable bonds is 1. The van der Waals surface area contributed by atoms with Gasteiger partial charge in [-0.15, -0.1) is 0 Å². The minimum atomic E-state index is 0.204. The molecular formula is C9H8N6O. The third-order valence-electron chi connectivity index (χ3n) is 2.21. The summed E-state index contributed by atoms with van der Waals surface area (Å²) in [5.74, 6) is 0.711. The number of hydrogen-bond acceptors (Lipinski definition) is 6. The third kappa shape index (κ3) is 1.22. The Morgan fingerprint density at radius 2 is 2.25 bits per heavy atom. The molecule has 0 amide bonds. The van der Waals surface area contributed by atoms with E-state index in [1.807, 2.05) is 13.0 Å². The van der Waals surface area contributed by atoms with Gasteiger partial charge in [-0.05, 0) is 28.9 Å². The number of aromatic amines is 1. The van der Waals surface area contributed by atoms with Crippen molar-refractivity contribution in [1.82, 2.24) is 25.3 Å². The van der Waals surface area contributed by atoms with Crippen LogP contribution in [0.4, 0.5) is 5.82 Å². The van der Waals surface area contributed by atoms with Gasteiger partial charge in [0, 0.05) is 6.20 Å². The van der Waals surface area contributed by atoms with Crippen molar-refractivity contribution in [3.05, 3.63) is 17.8 Å². The lowest BCUT2D eigenvalue weighted by molar-refractivity contribution is 0.310. The smallest absolute Gasteiger partial charge is 0.199 e. The van der Waals surface area contributed by atoms with E-state index in [4.69, 9.17) is 5.73 Å². The van der Waals surface area contributed by atoms with Gasteiger partial charge in [0.05, 0.1) is 5.52 Å². The standard InChI is InChI=1S/C9H8N6O/c1-4-2-5-8(11-3-4)13-9(12-5)6-7(10)15-16-14-6/h2-3H,1H3,(H2,10,15)(H,11,12,13). The summed E-state index contributed by atoms with van der Waals surface area (Å²) >= 11 is 0. The van der Waals surface area contributed by atoms with Crippen molar-refractivity contribution in [2.75, 3.05) is 5.73 Å². The first kappa shape index (κ1) is 8.84. The Bertz CT molecular complexity index is 655. The van der Waals surface area contributed by atoms with Crippen molar-refractivity contribution in [1.29, 1.82) is 0 Å². The number of nitrogens with two attached hydrogens (primary N) is 1. The first-order valence-corrected chi connectivity index (χ1v) is 4.65. The van der Waals surface area contributed by atoms with Crippen LogP contribution in [0.5, 0.6) is 0 Å². The maximum Gasteiger partial charge on any atom is 0.199 e. The number of nitrogen functional groups attached to an aromatic ring is 1. The number of nitrogens with one attached hydrogen (secondary N) is 1. The number of anilines is 1. The molecule has 0 unspecified atom stereocenters. The van der Waals surface area contributed by atoms with Crippen LogP contribution in [0, 0.1) is 6.92 Å². The minimum absolute atomic E-state index is 0.204. The highest BCUT2D eigenvalue weighted by Crippen LogP contribution is 2.21. The molecule has 3 aromatic heterocycles. The largest absolute Gasteiger partial charge is 0.379 e. The van der Waals surface area contributed by atoms with Crippen molar-refractivity contribution in [3.8, 4) is 11.5 Å². The van der Waals surface area contributed by atoms with Crippen LogP contribution in [-0.4, -0.2) is 25.3 Å². The third-order valence-corrected chi connectivity index (χ3v) is 2.21. The zero-order valence-electron chi connectivity index (χ0n) is 8.43. The van der Waals surface area contributed by atoms with Gasteiger partial charge < -0.3 is 10.7 Å². The molecule has 0 fully saturated rings. The van der Waals surface area contributed by atoms with Crippen molar-refractivity contribution in [2.45, 2.75) is 6.92 Å². The molecule has 0 aliphatic heterocycles. The maximum absolute atomic E-state index is 5.58. The van der Waals surface area contributed by atoms with Gasteiger partial charge in [0.1, 0.15) is 0 Å². The average molecular weight is 216 g/mol. The number of nitrogens with zero attached hydrogens (tertiary/aromatic N) is 4. The molecule has 3 N–H and O–H groups in total. The van der Waals surface area contributed by atoms with Crippen LogP contribution in [0.2, 0.25) is 0 Å². The molecule has 0 aromatic carbocycles. The molecule has 3 heterocycles. The van der Waals surface area contributed by atoms with Gasteiger partial charge in [-0.3, -0.25) is 0 Å². The number of imidazole rings is 1. The zero-order valence-corrected chi connectivity index (χ0v) is 8.43. The Kier molecular flexibility index (Phi) is 1.67. The number of fused-ring (bicyclic) bond motifs is 1. The van der Waals surface area contributed by atoms with E-state index >= 15 is 0 Å². The van der Waals surface area contributed by atoms with E-state index in [9.17, 15) is 0 Å². The Morgan fingerprint density at radius 3 is 3.00 bits per heavy atom. The van der Waals surface area contributed by atoms with Gasteiger partial charge in [0.25, 0.3) is 0 Å². The Balaban J connectivity index is 2.23. The summed E-state index contributed by atoms with van der Waals surface area (Å²) in [5.41, 5.74) is 8.47. The van der Waals surface area contributed by atoms with Crippen LogP contribution in [0.1, 0.15) is 5.56 Å². The van der Waals surface area contributed by atoms with Gasteiger partial charge >= 0.3 is 0 Å². The molecule has 3 aromatic rings. The highest BCUT2D eigenvalue weighted by molar-refractivity contribution is 5.77. The summed E-state index contributed by atoms with van der Waals surface area (Å²) in [6.45, 7) is 1.96. The fourth-order valence-electron chi connectivity index (χ4n) is 1.48. The summed E-state index contributed by atoms with van der Waals surface area (Å²) < 4.78 is 4.51. The summed E-state index contributed by atoms with van der Waals surface area (Å²) in [4.78, 5) is 11.5. The first-order valence-electron chi connectivity index (χ1n) is 4.65. The summed E-state index contributed by atoms with van der Waals surface area (Å²) in [7, 11) is 0. The number of hydrogen-bond donors (Lipinski definition) is 2. The molecule has 0 saturated heterocycles. The van der Waals surface area contributed by atoms with Crippen molar-refractivity contribution < 1.29 is 4.63 Å². The van der Waals surface area contributed by atoms with E-state index < -0.39 is 0 Å². The molecule has 0 aliphatic carbocycles. The molecule has 16 heavy (non-hydrogen) atoms. The van der Waals surface area contributed by atoms with Crippen LogP contribution in [-0.2, 0) is 0 Å². The molecule has 0 saturated carbocycles. The number of H-pyrrole nitrogens is 1. The molecule has 0 radical (unpaired) electrons. The fraction of sp³-hybridized carbons (Fsp3) is 0.111. The predicted octanol–water partition coefficient (Wildman–Crippen LogP) is 0.899. The van der Waals surface area contributed by atoms with Crippen molar-refractivity contribution in [3.63, 3.8) is 0 Å². The van der Waals surface area contributed by atoms with Crippen LogP contribution in [0.15, 0.2) is 16.9 Å². The Labute approximate surface area is 89.7 Å².